The Morgan fingerprint density at radius 3 is 2.25 bits per heavy atom. The lowest BCUT2D eigenvalue weighted by Crippen LogP contribution is -2.04. The predicted octanol–water partition coefficient (Wildman–Crippen LogP) is 5.96. The Kier molecular flexibility index (Phi) is 3.99. The first-order chi connectivity index (χ1) is 9.29. The molecule has 0 spiro atoms. The Labute approximate surface area is 116 Å². The average molecular weight is 307 g/mol. The zero-order chi connectivity index (χ0) is 14.9. The summed E-state index contributed by atoms with van der Waals surface area (Å²) in [6.45, 7) is 0. The third-order valence-electron chi connectivity index (χ3n) is 2.75. The van der Waals surface area contributed by atoms with Crippen molar-refractivity contribution in [2.75, 3.05) is 0 Å². The van der Waals surface area contributed by atoms with Crippen LogP contribution in [-0.4, -0.2) is 0 Å². The van der Waals surface area contributed by atoms with E-state index < -0.39 is 18.2 Å². The molecule has 2 aromatic rings. The molecule has 2 rings (SSSR count). The second-order valence-corrected chi connectivity index (χ2v) is 4.55. The zero-order valence-corrected chi connectivity index (χ0v) is 10.6. The Bertz CT molecular complexity index is 619. The maximum Gasteiger partial charge on any atom is 0.416 e. The lowest BCUT2D eigenvalue weighted by molar-refractivity contribution is -0.137. The second-order valence-electron chi connectivity index (χ2n) is 4.11. The van der Waals surface area contributed by atoms with Gasteiger partial charge in [0.1, 0.15) is 0 Å². The smallest absolute Gasteiger partial charge is 0.205 e. The third kappa shape index (κ3) is 3.10. The molecule has 0 N–H and O–H groups in total. The van der Waals surface area contributed by atoms with E-state index in [1.807, 2.05) is 0 Å². The fourth-order valence-corrected chi connectivity index (χ4v) is 2.00. The summed E-state index contributed by atoms with van der Waals surface area (Å²) in [5.41, 5.74) is -1.19. The van der Waals surface area contributed by atoms with E-state index in [1.54, 1.807) is 0 Å². The largest absolute Gasteiger partial charge is 0.416 e. The number of rotatable bonds is 2. The summed E-state index contributed by atoms with van der Waals surface area (Å²) < 4.78 is 63.8. The van der Waals surface area contributed by atoms with E-state index in [1.165, 1.54) is 24.3 Å². The second kappa shape index (κ2) is 5.40. The van der Waals surface area contributed by atoms with Crippen molar-refractivity contribution in [2.45, 2.75) is 12.6 Å². The maximum absolute atomic E-state index is 12.9. The van der Waals surface area contributed by atoms with Crippen LogP contribution in [0, 0.1) is 0 Å². The van der Waals surface area contributed by atoms with Crippen molar-refractivity contribution in [3.8, 4) is 11.1 Å². The summed E-state index contributed by atoms with van der Waals surface area (Å²) in [7, 11) is 0. The van der Waals surface area contributed by atoms with Crippen molar-refractivity contribution in [2.24, 2.45) is 0 Å². The Balaban J connectivity index is 2.59. The van der Waals surface area contributed by atoms with Crippen LogP contribution in [0.2, 0.25) is 5.02 Å². The van der Waals surface area contributed by atoms with Crippen LogP contribution in [0.3, 0.4) is 0 Å². The molecule has 106 valence electrons. The van der Waals surface area contributed by atoms with Gasteiger partial charge in [0.15, 0.2) is 0 Å². The molecule has 0 fully saturated rings. The SMILES string of the molecule is FC(F)c1ccc(Cl)cc1-c1cccc(C(F)(F)F)c1. The lowest BCUT2D eigenvalue weighted by Gasteiger charge is -2.12. The van der Waals surface area contributed by atoms with Crippen LogP contribution in [0.4, 0.5) is 22.0 Å². The molecule has 0 aliphatic rings. The standard InChI is InChI=1S/C14H8ClF5/c15-10-4-5-11(13(16)17)12(7-10)8-2-1-3-9(6-8)14(18,19)20/h1-7,13H. The van der Waals surface area contributed by atoms with Crippen molar-refractivity contribution in [1.82, 2.24) is 0 Å². The third-order valence-corrected chi connectivity index (χ3v) is 2.99. The van der Waals surface area contributed by atoms with Gasteiger partial charge in [-0.2, -0.15) is 13.2 Å². The van der Waals surface area contributed by atoms with Crippen molar-refractivity contribution in [3.05, 3.63) is 58.6 Å². The first kappa shape index (κ1) is 14.8. The van der Waals surface area contributed by atoms with Gasteiger partial charge in [-0.25, -0.2) is 8.78 Å². The van der Waals surface area contributed by atoms with Crippen LogP contribution in [0.5, 0.6) is 0 Å². The molecule has 0 saturated heterocycles. The van der Waals surface area contributed by atoms with E-state index >= 15 is 0 Å². The molecule has 0 amide bonds. The van der Waals surface area contributed by atoms with Gasteiger partial charge in [0.05, 0.1) is 5.56 Å². The van der Waals surface area contributed by atoms with Gasteiger partial charge in [0.2, 0.25) is 0 Å². The average Bonchev–Trinajstić information content (AvgIpc) is 2.37. The first-order valence-corrected chi connectivity index (χ1v) is 5.92. The van der Waals surface area contributed by atoms with E-state index in [2.05, 4.69) is 0 Å². The first-order valence-electron chi connectivity index (χ1n) is 5.54. The van der Waals surface area contributed by atoms with Crippen LogP contribution in [0.1, 0.15) is 17.6 Å². The summed E-state index contributed by atoms with van der Waals surface area (Å²) in [5, 5.41) is 0.182. The highest BCUT2D eigenvalue weighted by Gasteiger charge is 2.30. The van der Waals surface area contributed by atoms with Gasteiger partial charge in [0.25, 0.3) is 6.43 Å². The van der Waals surface area contributed by atoms with Gasteiger partial charge < -0.3 is 0 Å². The summed E-state index contributed by atoms with van der Waals surface area (Å²) in [4.78, 5) is 0. The highest BCUT2D eigenvalue weighted by molar-refractivity contribution is 6.30. The monoisotopic (exact) mass is 306 g/mol. The Morgan fingerprint density at radius 1 is 0.950 bits per heavy atom. The number of hydrogen-bond donors (Lipinski definition) is 0. The number of halogens is 6. The highest BCUT2D eigenvalue weighted by Crippen LogP contribution is 2.36. The number of hydrogen-bond acceptors (Lipinski definition) is 0. The van der Waals surface area contributed by atoms with Gasteiger partial charge in [-0.15, -0.1) is 0 Å². The zero-order valence-electron chi connectivity index (χ0n) is 9.89. The summed E-state index contributed by atoms with van der Waals surface area (Å²) >= 11 is 5.73. The van der Waals surface area contributed by atoms with Gasteiger partial charge in [-0.05, 0) is 35.4 Å². The summed E-state index contributed by atoms with van der Waals surface area (Å²) in [6, 6.07) is 7.86. The topological polar surface area (TPSA) is 0 Å². The summed E-state index contributed by atoms with van der Waals surface area (Å²) in [6.07, 6.45) is -7.32. The molecule has 0 radical (unpaired) electrons. The lowest BCUT2D eigenvalue weighted by atomic mass is 9.98. The number of benzene rings is 2. The normalized spacial score (nSPS) is 11.9. The molecule has 20 heavy (non-hydrogen) atoms. The molecule has 0 unspecified atom stereocenters. The minimum Gasteiger partial charge on any atom is -0.205 e. The van der Waals surface area contributed by atoms with E-state index in [-0.39, 0.29) is 21.7 Å². The van der Waals surface area contributed by atoms with Crippen LogP contribution >= 0.6 is 11.6 Å². The summed E-state index contributed by atoms with van der Waals surface area (Å²) in [5.74, 6) is 0. The Hall–Kier alpha value is -1.62. The molecule has 0 aliphatic heterocycles. The van der Waals surface area contributed by atoms with E-state index in [0.717, 1.165) is 18.2 Å². The van der Waals surface area contributed by atoms with Crippen LogP contribution in [0.15, 0.2) is 42.5 Å². The van der Waals surface area contributed by atoms with Gasteiger partial charge >= 0.3 is 6.18 Å². The highest BCUT2D eigenvalue weighted by atomic mass is 35.5. The quantitative estimate of drug-likeness (QED) is 0.600. The van der Waals surface area contributed by atoms with Crippen molar-refractivity contribution in [1.29, 1.82) is 0 Å². The van der Waals surface area contributed by atoms with E-state index in [9.17, 15) is 22.0 Å². The molecule has 2 aromatic carbocycles. The molecule has 0 bridgehead atoms. The molecular formula is C14H8ClF5. The van der Waals surface area contributed by atoms with Gasteiger partial charge in [-0.1, -0.05) is 29.8 Å². The molecule has 0 heterocycles. The van der Waals surface area contributed by atoms with Gasteiger partial charge in [0, 0.05) is 10.6 Å². The van der Waals surface area contributed by atoms with Crippen molar-refractivity contribution >= 4 is 11.6 Å². The Morgan fingerprint density at radius 2 is 1.65 bits per heavy atom. The van der Waals surface area contributed by atoms with E-state index in [4.69, 9.17) is 11.6 Å². The molecule has 0 aliphatic carbocycles. The maximum atomic E-state index is 12.9. The molecule has 0 nitrogen and oxygen atoms in total. The molecule has 0 saturated carbocycles. The molecule has 6 heteroatoms. The van der Waals surface area contributed by atoms with Crippen LogP contribution in [0.25, 0.3) is 11.1 Å². The molecule has 0 aromatic heterocycles. The van der Waals surface area contributed by atoms with Crippen molar-refractivity contribution in [3.63, 3.8) is 0 Å². The van der Waals surface area contributed by atoms with Crippen molar-refractivity contribution < 1.29 is 22.0 Å². The fraction of sp³-hybridized carbons (Fsp3) is 0.143. The van der Waals surface area contributed by atoms with Gasteiger partial charge in [-0.3, -0.25) is 0 Å². The minimum absolute atomic E-state index is 0.00130. The fourth-order valence-electron chi connectivity index (χ4n) is 1.83. The molecular weight excluding hydrogens is 299 g/mol. The van der Waals surface area contributed by atoms with Crippen LogP contribution < -0.4 is 0 Å². The molecule has 0 atom stereocenters. The van der Waals surface area contributed by atoms with E-state index in [0.29, 0.717) is 0 Å². The van der Waals surface area contributed by atoms with Crippen LogP contribution in [-0.2, 0) is 6.18 Å². The predicted molar refractivity (Wildman–Crippen MR) is 66.8 cm³/mol. The minimum atomic E-state index is -4.53. The number of alkyl halides is 5.